The van der Waals surface area contributed by atoms with E-state index in [4.69, 9.17) is 4.74 Å². The number of carbonyl (C=O) groups is 2. The highest BCUT2D eigenvalue weighted by atomic mass is 16.5. The monoisotopic (exact) mass is 423 g/mol. The van der Waals surface area contributed by atoms with Gasteiger partial charge in [-0.05, 0) is 54.8 Å². The molecule has 0 spiro atoms. The van der Waals surface area contributed by atoms with Gasteiger partial charge < -0.3 is 19.4 Å². The maximum atomic E-state index is 12.8. The van der Waals surface area contributed by atoms with Crippen molar-refractivity contribution in [3.63, 3.8) is 0 Å². The van der Waals surface area contributed by atoms with E-state index in [1.807, 2.05) is 72.4 Å². The number of ether oxygens (including phenoxy) is 1. The van der Waals surface area contributed by atoms with Gasteiger partial charge in [0.25, 0.3) is 11.8 Å². The zero-order valence-electron chi connectivity index (χ0n) is 19.2. The van der Waals surface area contributed by atoms with Gasteiger partial charge in [-0.2, -0.15) is 0 Å². The number of benzene rings is 2. The van der Waals surface area contributed by atoms with Crippen LogP contribution in [0.4, 0.5) is 5.69 Å². The fourth-order valence-corrected chi connectivity index (χ4v) is 3.66. The van der Waals surface area contributed by atoms with E-state index >= 15 is 0 Å². The Morgan fingerprint density at radius 1 is 0.839 bits per heavy atom. The predicted octanol–water partition coefficient (Wildman–Crippen LogP) is 3.63. The molecule has 1 saturated heterocycles. The molecule has 0 saturated carbocycles. The van der Waals surface area contributed by atoms with Gasteiger partial charge >= 0.3 is 0 Å². The molecule has 0 aromatic heterocycles. The van der Waals surface area contributed by atoms with Crippen molar-refractivity contribution in [1.29, 1.82) is 0 Å². The molecular weight excluding hydrogens is 390 g/mol. The summed E-state index contributed by atoms with van der Waals surface area (Å²) in [6.07, 6.45) is -0.564. The molecule has 31 heavy (non-hydrogen) atoms. The molecule has 0 N–H and O–H groups in total. The first-order valence-corrected chi connectivity index (χ1v) is 10.9. The average molecular weight is 424 g/mol. The highest BCUT2D eigenvalue weighted by molar-refractivity contribution is 5.94. The number of hydrogen-bond acceptors (Lipinski definition) is 4. The van der Waals surface area contributed by atoms with E-state index in [1.54, 1.807) is 11.8 Å². The van der Waals surface area contributed by atoms with Gasteiger partial charge in [-0.15, -0.1) is 0 Å². The van der Waals surface area contributed by atoms with Crippen LogP contribution in [0.3, 0.4) is 0 Å². The Hall–Kier alpha value is -3.02. The SMILES string of the molecule is CC(Oc1ccc(C(C)C)cc1)C(=O)N1CCN(C(=O)c2ccc(N(C)C)cc2)CC1. The van der Waals surface area contributed by atoms with Gasteiger partial charge in [0, 0.05) is 51.5 Å². The van der Waals surface area contributed by atoms with E-state index in [0.29, 0.717) is 43.4 Å². The lowest BCUT2D eigenvalue weighted by Crippen LogP contribution is -2.53. The van der Waals surface area contributed by atoms with Gasteiger partial charge in [-0.25, -0.2) is 0 Å². The Balaban J connectivity index is 1.52. The lowest BCUT2D eigenvalue weighted by Gasteiger charge is -2.36. The van der Waals surface area contributed by atoms with Gasteiger partial charge in [0.2, 0.25) is 0 Å². The maximum absolute atomic E-state index is 12.8. The van der Waals surface area contributed by atoms with Gasteiger partial charge in [0.05, 0.1) is 0 Å². The third-order valence-corrected chi connectivity index (χ3v) is 5.72. The molecule has 2 amide bonds. The molecule has 166 valence electrons. The van der Waals surface area contributed by atoms with E-state index in [2.05, 4.69) is 13.8 Å². The summed E-state index contributed by atoms with van der Waals surface area (Å²) in [4.78, 5) is 31.2. The molecule has 2 aromatic rings. The van der Waals surface area contributed by atoms with E-state index < -0.39 is 6.10 Å². The predicted molar refractivity (Wildman–Crippen MR) is 124 cm³/mol. The molecule has 1 aliphatic heterocycles. The molecule has 3 rings (SSSR count). The van der Waals surface area contributed by atoms with Gasteiger partial charge in [0.15, 0.2) is 6.10 Å². The van der Waals surface area contributed by atoms with Gasteiger partial charge in [0.1, 0.15) is 5.75 Å². The lowest BCUT2D eigenvalue weighted by atomic mass is 10.0. The number of hydrogen-bond donors (Lipinski definition) is 0. The van der Waals surface area contributed by atoms with Crippen molar-refractivity contribution in [1.82, 2.24) is 9.80 Å². The molecule has 1 atom stereocenters. The maximum Gasteiger partial charge on any atom is 0.263 e. The number of carbonyl (C=O) groups excluding carboxylic acids is 2. The highest BCUT2D eigenvalue weighted by Gasteiger charge is 2.28. The number of rotatable bonds is 6. The summed E-state index contributed by atoms with van der Waals surface area (Å²) in [5.74, 6) is 1.11. The summed E-state index contributed by atoms with van der Waals surface area (Å²) in [6, 6.07) is 15.5. The van der Waals surface area contributed by atoms with E-state index in [1.165, 1.54) is 5.56 Å². The van der Waals surface area contributed by atoms with Crippen LogP contribution < -0.4 is 9.64 Å². The Morgan fingerprint density at radius 3 is 1.90 bits per heavy atom. The first-order chi connectivity index (χ1) is 14.8. The number of piperazine rings is 1. The van der Waals surface area contributed by atoms with Crippen LogP contribution in [0.1, 0.15) is 42.6 Å². The summed E-state index contributed by atoms with van der Waals surface area (Å²) in [5.41, 5.74) is 2.97. The lowest BCUT2D eigenvalue weighted by molar-refractivity contribution is -0.139. The quantitative estimate of drug-likeness (QED) is 0.712. The van der Waals surface area contributed by atoms with Crippen LogP contribution in [0.2, 0.25) is 0 Å². The first kappa shape index (κ1) is 22.7. The van der Waals surface area contributed by atoms with E-state index in [-0.39, 0.29) is 11.8 Å². The van der Waals surface area contributed by atoms with Crippen LogP contribution in [0.5, 0.6) is 5.75 Å². The fraction of sp³-hybridized carbons (Fsp3) is 0.440. The zero-order valence-corrected chi connectivity index (χ0v) is 19.2. The Kier molecular flexibility index (Phi) is 7.21. The van der Waals surface area contributed by atoms with Crippen molar-refractivity contribution in [2.24, 2.45) is 0 Å². The second kappa shape index (κ2) is 9.86. The molecule has 0 aliphatic carbocycles. The average Bonchev–Trinajstić information content (AvgIpc) is 2.78. The van der Waals surface area contributed by atoms with Crippen molar-refractivity contribution >= 4 is 17.5 Å². The highest BCUT2D eigenvalue weighted by Crippen LogP contribution is 2.20. The first-order valence-electron chi connectivity index (χ1n) is 10.9. The largest absolute Gasteiger partial charge is 0.481 e. The molecule has 1 heterocycles. The molecule has 1 aliphatic rings. The zero-order chi connectivity index (χ0) is 22.5. The van der Waals surface area contributed by atoms with Crippen LogP contribution in [0, 0.1) is 0 Å². The number of nitrogens with zero attached hydrogens (tertiary/aromatic N) is 3. The molecule has 1 fully saturated rings. The van der Waals surface area contributed by atoms with Gasteiger partial charge in [-0.3, -0.25) is 9.59 Å². The summed E-state index contributed by atoms with van der Waals surface area (Å²) in [7, 11) is 3.94. The molecule has 0 radical (unpaired) electrons. The number of anilines is 1. The molecular formula is C25H33N3O3. The van der Waals surface area contributed by atoms with Gasteiger partial charge in [-0.1, -0.05) is 26.0 Å². The smallest absolute Gasteiger partial charge is 0.263 e. The van der Waals surface area contributed by atoms with Crippen molar-refractivity contribution in [3.8, 4) is 5.75 Å². The minimum atomic E-state index is -0.564. The second-order valence-corrected chi connectivity index (χ2v) is 8.54. The van der Waals surface area contributed by atoms with Crippen LogP contribution in [-0.4, -0.2) is 68.0 Å². The van der Waals surface area contributed by atoms with Crippen molar-refractivity contribution < 1.29 is 14.3 Å². The summed E-state index contributed by atoms with van der Waals surface area (Å²) >= 11 is 0. The molecule has 6 nitrogen and oxygen atoms in total. The van der Waals surface area contributed by atoms with Crippen molar-refractivity contribution in [3.05, 3.63) is 59.7 Å². The Labute approximate surface area is 185 Å². The van der Waals surface area contributed by atoms with Crippen LogP contribution >= 0.6 is 0 Å². The van der Waals surface area contributed by atoms with E-state index in [0.717, 1.165) is 5.69 Å². The molecule has 0 bridgehead atoms. The van der Waals surface area contributed by atoms with Crippen LogP contribution in [0.25, 0.3) is 0 Å². The normalized spacial score (nSPS) is 15.0. The Morgan fingerprint density at radius 2 is 1.39 bits per heavy atom. The van der Waals surface area contributed by atoms with Crippen LogP contribution in [0.15, 0.2) is 48.5 Å². The second-order valence-electron chi connectivity index (χ2n) is 8.54. The molecule has 6 heteroatoms. The standard InChI is InChI=1S/C25H33N3O3/c1-18(2)20-8-12-23(13-9-20)31-19(3)24(29)27-14-16-28(17-15-27)25(30)21-6-10-22(11-7-21)26(4)5/h6-13,18-19H,14-17H2,1-5H3. The number of amides is 2. The molecule has 1 unspecified atom stereocenters. The minimum Gasteiger partial charge on any atom is -0.481 e. The molecule has 2 aromatic carbocycles. The summed E-state index contributed by atoms with van der Waals surface area (Å²) < 4.78 is 5.86. The summed E-state index contributed by atoms with van der Waals surface area (Å²) in [5, 5.41) is 0. The summed E-state index contributed by atoms with van der Waals surface area (Å²) in [6.45, 7) is 8.14. The third-order valence-electron chi connectivity index (χ3n) is 5.72. The van der Waals surface area contributed by atoms with Crippen LogP contribution in [-0.2, 0) is 4.79 Å². The van der Waals surface area contributed by atoms with Crippen molar-refractivity contribution in [2.75, 3.05) is 45.2 Å². The van der Waals surface area contributed by atoms with Crippen molar-refractivity contribution in [2.45, 2.75) is 32.8 Å². The fourth-order valence-electron chi connectivity index (χ4n) is 3.66. The Bertz CT molecular complexity index is 883. The minimum absolute atomic E-state index is 0.00643. The topological polar surface area (TPSA) is 53.1 Å². The van der Waals surface area contributed by atoms with E-state index in [9.17, 15) is 9.59 Å². The third kappa shape index (κ3) is 5.57.